The normalized spacial score (nSPS) is 17.8. The number of nitrogens with zero attached hydrogens (tertiary/aromatic N) is 3. The molecule has 0 saturated carbocycles. The minimum atomic E-state index is -4.45. The van der Waals surface area contributed by atoms with Crippen LogP contribution in [0.5, 0.6) is 0 Å². The van der Waals surface area contributed by atoms with Crippen LogP contribution < -0.4 is 5.32 Å². The van der Waals surface area contributed by atoms with Crippen molar-refractivity contribution in [2.24, 2.45) is 4.99 Å². The third-order valence-corrected chi connectivity index (χ3v) is 4.82. The van der Waals surface area contributed by atoms with Crippen LogP contribution in [0, 0.1) is 16.7 Å². The molecule has 1 fully saturated rings. The van der Waals surface area contributed by atoms with Crippen molar-refractivity contribution in [3.8, 4) is 6.07 Å². The van der Waals surface area contributed by atoms with Crippen molar-refractivity contribution in [2.45, 2.75) is 64.4 Å². The van der Waals surface area contributed by atoms with Crippen LogP contribution in [0.3, 0.4) is 0 Å². The molecule has 2 N–H and O–H groups in total. The zero-order valence-corrected chi connectivity index (χ0v) is 17.2. The maximum Gasteiger partial charge on any atom is 0.410 e. The largest absolute Gasteiger partial charge is 0.444 e. The molecule has 11 heteroatoms. The van der Waals surface area contributed by atoms with Crippen molar-refractivity contribution in [1.82, 2.24) is 10.2 Å². The molecule has 1 unspecified atom stereocenters. The van der Waals surface area contributed by atoms with Crippen molar-refractivity contribution >= 4 is 28.7 Å². The standard InChI is InChI=1S/C17H26F3N5O2S/c1-11(23-14(22)9-21)28-10-13(17(18,19)20)24-12-5-7-25(8-6-12)15(26)27-16(2,3)4/h12-13,22,24H,5-8,10H2,1-4H3. The molecule has 1 aliphatic heterocycles. The molecule has 0 aliphatic carbocycles. The molecule has 0 aromatic heterocycles. The number of aliphatic imine (C=N–C) groups is 1. The summed E-state index contributed by atoms with van der Waals surface area (Å²) in [5.41, 5.74) is -0.619. The van der Waals surface area contributed by atoms with Crippen LogP contribution in [-0.4, -0.2) is 64.6 Å². The highest BCUT2D eigenvalue weighted by molar-refractivity contribution is 8.13. The molecule has 0 bridgehead atoms. The van der Waals surface area contributed by atoms with Gasteiger partial charge in [-0.15, -0.1) is 11.8 Å². The monoisotopic (exact) mass is 421 g/mol. The van der Waals surface area contributed by atoms with Gasteiger partial charge in [0.05, 0.1) is 5.04 Å². The smallest absolute Gasteiger partial charge is 0.410 e. The third kappa shape index (κ3) is 8.93. The van der Waals surface area contributed by atoms with E-state index < -0.39 is 29.7 Å². The van der Waals surface area contributed by atoms with E-state index in [2.05, 4.69) is 10.3 Å². The lowest BCUT2D eigenvalue weighted by molar-refractivity contribution is -0.152. The first-order valence-corrected chi connectivity index (χ1v) is 9.78. The number of hydrogen-bond donors (Lipinski definition) is 2. The Balaban J connectivity index is 2.58. The van der Waals surface area contributed by atoms with Gasteiger partial charge in [-0.1, -0.05) is 0 Å². The molecule has 1 saturated heterocycles. The predicted octanol–water partition coefficient (Wildman–Crippen LogP) is 3.56. The quantitative estimate of drug-likeness (QED) is 0.534. The van der Waals surface area contributed by atoms with Crippen LogP contribution in [0.2, 0.25) is 0 Å². The molecule has 1 rings (SSSR count). The molecule has 0 aromatic rings. The van der Waals surface area contributed by atoms with Gasteiger partial charge in [-0.05, 0) is 40.5 Å². The van der Waals surface area contributed by atoms with Gasteiger partial charge in [0.25, 0.3) is 0 Å². The number of piperidine rings is 1. The zero-order chi connectivity index (χ0) is 21.5. The lowest BCUT2D eigenvalue weighted by atomic mass is 10.0. The highest BCUT2D eigenvalue weighted by Crippen LogP contribution is 2.26. The molecule has 1 aliphatic rings. The summed E-state index contributed by atoms with van der Waals surface area (Å²) < 4.78 is 45.3. The number of amides is 1. The van der Waals surface area contributed by atoms with E-state index in [1.807, 2.05) is 0 Å². The fraction of sp³-hybridized carbons (Fsp3) is 0.765. The molecular formula is C17H26F3N5O2S. The second kappa shape index (κ2) is 10.1. The number of nitriles is 1. The van der Waals surface area contributed by atoms with Gasteiger partial charge >= 0.3 is 12.3 Å². The van der Waals surface area contributed by atoms with Crippen LogP contribution in [0.15, 0.2) is 4.99 Å². The molecule has 1 heterocycles. The van der Waals surface area contributed by atoms with Gasteiger partial charge in [0.2, 0.25) is 5.84 Å². The summed E-state index contributed by atoms with van der Waals surface area (Å²) in [6, 6.07) is -0.618. The molecule has 1 atom stereocenters. The number of halogens is 3. The second-order valence-corrected chi connectivity index (χ2v) is 8.62. The summed E-state index contributed by atoms with van der Waals surface area (Å²) in [5.74, 6) is -0.861. The number of rotatable bonds is 4. The summed E-state index contributed by atoms with van der Waals surface area (Å²) in [5, 5.41) is 18.5. The first-order valence-electron chi connectivity index (χ1n) is 8.79. The van der Waals surface area contributed by atoms with E-state index in [4.69, 9.17) is 15.4 Å². The summed E-state index contributed by atoms with van der Waals surface area (Å²) in [6.07, 6.45) is -4.12. The van der Waals surface area contributed by atoms with Gasteiger partial charge < -0.3 is 15.0 Å². The van der Waals surface area contributed by atoms with E-state index >= 15 is 0 Å². The molecule has 0 radical (unpaired) electrons. The number of hydrogen-bond acceptors (Lipinski definition) is 6. The number of alkyl halides is 3. The fourth-order valence-electron chi connectivity index (χ4n) is 2.50. The third-order valence-electron chi connectivity index (χ3n) is 3.81. The van der Waals surface area contributed by atoms with Crippen LogP contribution in [0.25, 0.3) is 0 Å². The van der Waals surface area contributed by atoms with Crippen molar-refractivity contribution in [1.29, 1.82) is 10.7 Å². The van der Waals surface area contributed by atoms with Crippen molar-refractivity contribution in [3.63, 3.8) is 0 Å². The van der Waals surface area contributed by atoms with Gasteiger partial charge in [0, 0.05) is 24.9 Å². The van der Waals surface area contributed by atoms with Gasteiger partial charge in [-0.3, -0.25) is 5.41 Å². The minimum absolute atomic E-state index is 0.224. The van der Waals surface area contributed by atoms with Crippen LogP contribution >= 0.6 is 11.8 Å². The first-order chi connectivity index (χ1) is 12.8. The Bertz CT molecular complexity index is 632. The molecule has 0 aromatic carbocycles. The molecule has 0 spiro atoms. The number of thioether (sulfide) groups is 1. The minimum Gasteiger partial charge on any atom is -0.444 e. The summed E-state index contributed by atoms with van der Waals surface area (Å²) >= 11 is 0.846. The molecule has 7 nitrogen and oxygen atoms in total. The SMILES string of the molecule is CC(=NC(=N)C#N)SCC(NC1CCN(C(=O)OC(C)(C)C)CC1)C(F)(F)F. The maximum atomic E-state index is 13.4. The van der Waals surface area contributed by atoms with Crippen molar-refractivity contribution in [3.05, 3.63) is 0 Å². The first kappa shape index (κ1) is 24.2. The Hall–Kier alpha value is -1.80. The molecule has 28 heavy (non-hydrogen) atoms. The number of nitrogens with one attached hydrogen (secondary N) is 2. The fourth-order valence-corrected chi connectivity index (χ4v) is 3.34. The van der Waals surface area contributed by atoms with Crippen molar-refractivity contribution < 1.29 is 22.7 Å². The number of ether oxygens (including phenoxy) is 1. The molecule has 158 valence electrons. The highest BCUT2D eigenvalue weighted by Gasteiger charge is 2.41. The van der Waals surface area contributed by atoms with Gasteiger partial charge in [-0.25, -0.2) is 9.79 Å². The predicted molar refractivity (Wildman–Crippen MR) is 103 cm³/mol. The van der Waals surface area contributed by atoms with E-state index in [-0.39, 0.29) is 16.8 Å². The maximum absolute atomic E-state index is 13.4. The average Bonchev–Trinajstić information content (AvgIpc) is 2.56. The lowest BCUT2D eigenvalue weighted by Crippen LogP contribution is -2.53. The van der Waals surface area contributed by atoms with E-state index in [1.54, 1.807) is 20.8 Å². The molecular weight excluding hydrogens is 395 g/mol. The highest BCUT2D eigenvalue weighted by atomic mass is 32.2. The van der Waals surface area contributed by atoms with E-state index in [0.717, 1.165) is 11.8 Å². The Morgan fingerprint density at radius 1 is 1.39 bits per heavy atom. The zero-order valence-electron chi connectivity index (χ0n) is 16.4. The van der Waals surface area contributed by atoms with Crippen molar-refractivity contribution in [2.75, 3.05) is 18.8 Å². The summed E-state index contributed by atoms with van der Waals surface area (Å²) in [6.45, 7) is 7.38. The van der Waals surface area contributed by atoms with Gasteiger partial charge in [0.15, 0.2) is 0 Å². The Morgan fingerprint density at radius 3 is 2.43 bits per heavy atom. The van der Waals surface area contributed by atoms with Gasteiger partial charge in [-0.2, -0.15) is 18.4 Å². The second-order valence-electron chi connectivity index (χ2n) is 7.40. The van der Waals surface area contributed by atoms with Gasteiger partial charge in [0.1, 0.15) is 17.7 Å². The average molecular weight is 421 g/mol. The Kier molecular flexibility index (Phi) is 8.75. The number of carbonyl (C=O) groups is 1. The topological polar surface area (TPSA) is 102 Å². The van der Waals surface area contributed by atoms with Crippen LogP contribution in [0.4, 0.5) is 18.0 Å². The lowest BCUT2D eigenvalue weighted by Gasteiger charge is -2.35. The molecule has 1 amide bonds. The Morgan fingerprint density at radius 2 is 1.96 bits per heavy atom. The summed E-state index contributed by atoms with van der Waals surface area (Å²) in [4.78, 5) is 17.1. The number of carbonyl (C=O) groups excluding carboxylic acids is 1. The number of likely N-dealkylation sites (tertiary alicyclic amines) is 1. The van der Waals surface area contributed by atoms with E-state index in [0.29, 0.717) is 25.9 Å². The van der Waals surface area contributed by atoms with Crippen LogP contribution in [0.1, 0.15) is 40.5 Å². The Labute approximate surface area is 167 Å². The summed E-state index contributed by atoms with van der Waals surface area (Å²) in [7, 11) is 0. The van der Waals surface area contributed by atoms with E-state index in [9.17, 15) is 18.0 Å². The van der Waals surface area contributed by atoms with Crippen LogP contribution in [-0.2, 0) is 4.74 Å². The van der Waals surface area contributed by atoms with E-state index in [1.165, 1.54) is 17.9 Å². The number of amidine groups is 1.